The van der Waals surface area contributed by atoms with Crippen molar-refractivity contribution in [3.05, 3.63) is 23.9 Å². The Kier molecular flexibility index (Phi) is 8.81. The van der Waals surface area contributed by atoms with Crippen molar-refractivity contribution in [3.8, 4) is 11.6 Å². The van der Waals surface area contributed by atoms with Gasteiger partial charge in [0.15, 0.2) is 18.1 Å². The molecule has 2 aromatic rings. The molecule has 1 saturated heterocycles. The second kappa shape index (κ2) is 12.2. The van der Waals surface area contributed by atoms with E-state index in [0.29, 0.717) is 34.8 Å². The summed E-state index contributed by atoms with van der Waals surface area (Å²) in [5.74, 6) is -0.412. The van der Waals surface area contributed by atoms with Crippen molar-refractivity contribution in [1.82, 2.24) is 20.2 Å². The molecule has 2 fully saturated rings. The molecule has 3 aliphatic rings. The molecule has 1 saturated carbocycles. The quantitative estimate of drug-likeness (QED) is 0.535. The maximum absolute atomic E-state index is 16.3. The van der Waals surface area contributed by atoms with Crippen LogP contribution in [0.25, 0.3) is 11.0 Å². The van der Waals surface area contributed by atoms with Crippen molar-refractivity contribution >= 4 is 28.8 Å². The first kappa shape index (κ1) is 30.9. The van der Waals surface area contributed by atoms with Gasteiger partial charge in [-0.3, -0.25) is 9.59 Å². The molecule has 234 valence electrons. The van der Waals surface area contributed by atoms with E-state index in [4.69, 9.17) is 24.2 Å². The van der Waals surface area contributed by atoms with Gasteiger partial charge in [0.2, 0.25) is 11.8 Å². The first-order chi connectivity index (χ1) is 20.4. The summed E-state index contributed by atoms with van der Waals surface area (Å²) in [5.41, 5.74) is 1.06. The summed E-state index contributed by atoms with van der Waals surface area (Å²) in [6.07, 6.45) is 1.20. The molecule has 0 radical (unpaired) electrons. The SMILES string of the molecule is COc1ccc2nc3c(nc2c1)OC1CN(C(=O)C(C(C)(C)C)NC(=O)OC2CC2CCCCC3)C(C(=O)C(C)C)C1F. The molecule has 6 atom stereocenters. The minimum absolute atomic E-state index is 0.181. The van der Waals surface area contributed by atoms with Gasteiger partial charge >= 0.3 is 6.09 Å². The van der Waals surface area contributed by atoms with Crippen LogP contribution in [-0.4, -0.2) is 76.8 Å². The van der Waals surface area contributed by atoms with E-state index in [1.165, 1.54) is 4.90 Å². The molecule has 1 aliphatic carbocycles. The Hall–Kier alpha value is -3.50. The van der Waals surface area contributed by atoms with Crippen LogP contribution < -0.4 is 14.8 Å². The maximum atomic E-state index is 16.3. The van der Waals surface area contributed by atoms with Crippen LogP contribution in [0.5, 0.6) is 11.6 Å². The van der Waals surface area contributed by atoms with Crippen LogP contribution in [-0.2, 0) is 20.7 Å². The molecule has 2 bridgehead atoms. The molecule has 1 aromatic heterocycles. The third kappa shape index (κ3) is 6.70. The third-order valence-corrected chi connectivity index (χ3v) is 8.66. The topological polar surface area (TPSA) is 120 Å². The van der Waals surface area contributed by atoms with Gasteiger partial charge in [-0.1, -0.05) is 47.5 Å². The smallest absolute Gasteiger partial charge is 0.408 e. The molecular weight excluding hydrogens is 555 g/mol. The van der Waals surface area contributed by atoms with Crippen molar-refractivity contribution in [3.63, 3.8) is 0 Å². The predicted octanol–water partition coefficient (Wildman–Crippen LogP) is 4.81. The summed E-state index contributed by atoms with van der Waals surface area (Å²) >= 11 is 0. The molecule has 1 aromatic carbocycles. The van der Waals surface area contributed by atoms with Gasteiger partial charge in [-0.05, 0) is 49.1 Å². The minimum atomic E-state index is -1.81. The number of ether oxygens (including phenoxy) is 3. The molecule has 0 spiro atoms. The number of ketones is 1. The summed E-state index contributed by atoms with van der Waals surface area (Å²) in [4.78, 5) is 51.1. The highest BCUT2D eigenvalue weighted by molar-refractivity contribution is 5.94. The fourth-order valence-corrected chi connectivity index (χ4v) is 5.99. The number of alkyl halides is 1. The number of hydrogen-bond acceptors (Lipinski definition) is 8. The molecule has 11 heteroatoms. The van der Waals surface area contributed by atoms with E-state index in [1.807, 2.05) is 32.9 Å². The zero-order valence-electron chi connectivity index (χ0n) is 25.9. The van der Waals surface area contributed by atoms with Crippen molar-refractivity contribution in [2.45, 2.75) is 104 Å². The van der Waals surface area contributed by atoms with E-state index in [-0.39, 0.29) is 18.5 Å². The number of alkyl carbamates (subject to hydrolysis) is 1. The molecule has 2 amide bonds. The summed E-state index contributed by atoms with van der Waals surface area (Å²) in [5, 5.41) is 2.74. The van der Waals surface area contributed by atoms with E-state index in [0.717, 1.165) is 32.1 Å². The number of hydrogen-bond donors (Lipinski definition) is 1. The predicted molar refractivity (Wildman–Crippen MR) is 158 cm³/mol. The van der Waals surface area contributed by atoms with Gasteiger partial charge < -0.3 is 24.4 Å². The molecule has 10 nitrogen and oxygen atoms in total. The summed E-state index contributed by atoms with van der Waals surface area (Å²) < 4.78 is 33.6. The number of nitrogens with zero attached hydrogens (tertiary/aromatic N) is 3. The lowest BCUT2D eigenvalue weighted by atomic mass is 9.85. The van der Waals surface area contributed by atoms with Gasteiger partial charge in [0.05, 0.1) is 24.7 Å². The van der Waals surface area contributed by atoms with Crippen molar-refractivity contribution in [2.24, 2.45) is 17.3 Å². The fraction of sp³-hybridized carbons (Fsp3) is 0.656. The number of aryl methyl sites for hydroxylation is 1. The number of methoxy groups -OCH3 is 1. The fourth-order valence-electron chi connectivity index (χ4n) is 5.99. The Bertz CT molecular complexity index is 1380. The lowest BCUT2D eigenvalue weighted by Gasteiger charge is -2.35. The van der Waals surface area contributed by atoms with Gasteiger partial charge in [-0.2, -0.15) is 0 Å². The Balaban J connectivity index is 1.54. The standard InChI is InChI=1S/C32H43FN4O6/c1-17(2)27(38)26-25(33)24-16-37(26)30(39)28(32(3,4)5)36-31(40)43-23-14-18(23)10-8-7-9-11-21-29(42-24)35-22-15-19(41-6)12-13-20(22)34-21/h12-13,15,17-18,23-26,28H,7-11,14,16H2,1-6H3,(H,36,40). The monoisotopic (exact) mass is 598 g/mol. The van der Waals surface area contributed by atoms with Gasteiger partial charge in [-0.15, -0.1) is 0 Å². The number of Topliss-reactive ketones (excluding diaryl/α,β-unsaturated/α-hetero) is 1. The van der Waals surface area contributed by atoms with Crippen LogP contribution in [0.1, 0.15) is 72.4 Å². The Labute approximate surface area is 252 Å². The largest absolute Gasteiger partial charge is 0.497 e. The number of carbonyl (C=O) groups is 3. The molecule has 43 heavy (non-hydrogen) atoms. The van der Waals surface area contributed by atoms with E-state index in [2.05, 4.69) is 5.32 Å². The molecule has 1 N–H and O–H groups in total. The van der Waals surface area contributed by atoms with Crippen LogP contribution in [0.2, 0.25) is 0 Å². The Morgan fingerprint density at radius 1 is 1.09 bits per heavy atom. The zero-order chi connectivity index (χ0) is 31.1. The Morgan fingerprint density at radius 2 is 1.86 bits per heavy atom. The number of halogens is 1. The van der Waals surface area contributed by atoms with Crippen molar-refractivity contribution in [2.75, 3.05) is 13.7 Å². The van der Waals surface area contributed by atoms with Gasteiger partial charge in [0.1, 0.15) is 29.6 Å². The lowest BCUT2D eigenvalue weighted by Crippen LogP contribution is -2.58. The van der Waals surface area contributed by atoms with E-state index in [1.54, 1.807) is 27.0 Å². The second-order valence-electron chi connectivity index (χ2n) is 13.4. The zero-order valence-corrected chi connectivity index (χ0v) is 25.9. The summed E-state index contributed by atoms with van der Waals surface area (Å²) in [6, 6.07) is 2.96. The maximum Gasteiger partial charge on any atom is 0.408 e. The van der Waals surface area contributed by atoms with Crippen LogP contribution in [0.15, 0.2) is 18.2 Å². The average Bonchev–Trinajstić information content (AvgIpc) is 3.60. The first-order valence-corrected chi connectivity index (χ1v) is 15.3. The van der Waals surface area contributed by atoms with Gasteiger partial charge in [-0.25, -0.2) is 19.2 Å². The van der Waals surface area contributed by atoms with Crippen molar-refractivity contribution in [1.29, 1.82) is 0 Å². The molecular formula is C32H43FN4O6. The van der Waals surface area contributed by atoms with Crippen LogP contribution in [0.3, 0.4) is 0 Å². The highest BCUT2D eigenvalue weighted by atomic mass is 19.1. The van der Waals surface area contributed by atoms with Crippen LogP contribution in [0.4, 0.5) is 9.18 Å². The second-order valence-corrected chi connectivity index (χ2v) is 13.4. The number of benzene rings is 1. The highest BCUT2D eigenvalue weighted by Crippen LogP contribution is 2.39. The van der Waals surface area contributed by atoms with Crippen molar-refractivity contribution < 1.29 is 33.0 Å². The number of aromatic nitrogens is 2. The molecule has 5 rings (SSSR count). The lowest BCUT2D eigenvalue weighted by molar-refractivity contribution is -0.143. The van der Waals surface area contributed by atoms with Crippen LogP contribution >= 0.6 is 0 Å². The molecule has 6 unspecified atom stereocenters. The van der Waals surface area contributed by atoms with Crippen LogP contribution in [0, 0.1) is 17.3 Å². The first-order valence-electron chi connectivity index (χ1n) is 15.3. The molecule has 3 heterocycles. The van der Waals surface area contributed by atoms with E-state index >= 15 is 4.39 Å². The molecule has 2 aliphatic heterocycles. The average molecular weight is 599 g/mol. The highest BCUT2D eigenvalue weighted by Gasteiger charge is 2.53. The third-order valence-electron chi connectivity index (χ3n) is 8.66. The Morgan fingerprint density at radius 3 is 2.56 bits per heavy atom. The summed E-state index contributed by atoms with van der Waals surface area (Å²) in [7, 11) is 1.56. The van der Waals surface area contributed by atoms with Gasteiger partial charge in [0.25, 0.3) is 0 Å². The number of rotatable bonds is 3. The number of carbonyl (C=O) groups excluding carboxylic acids is 3. The normalized spacial score (nSPS) is 28.6. The minimum Gasteiger partial charge on any atom is -0.497 e. The van der Waals surface area contributed by atoms with E-state index < -0.39 is 53.5 Å². The number of amides is 2. The number of nitrogens with one attached hydrogen (secondary N) is 1. The summed E-state index contributed by atoms with van der Waals surface area (Å²) in [6.45, 7) is 8.59. The van der Waals surface area contributed by atoms with E-state index in [9.17, 15) is 14.4 Å². The van der Waals surface area contributed by atoms with Gasteiger partial charge in [0, 0.05) is 12.0 Å². The number of fused-ring (bicyclic) bond motifs is 5.